The van der Waals surface area contributed by atoms with E-state index in [-0.39, 0.29) is 54.2 Å². The maximum absolute atomic E-state index is 14.6. The van der Waals surface area contributed by atoms with E-state index in [2.05, 4.69) is 20.9 Å². The highest BCUT2D eigenvalue weighted by Crippen LogP contribution is 2.30. The zero-order valence-electron chi connectivity index (χ0n) is 39.5. The molecular weight excluding hydrogens is 791 g/mol. The number of likely N-dealkylation sites (N-methyl/N-ethyl adjacent to an activating group) is 2. The molecule has 1 aliphatic heterocycles. The van der Waals surface area contributed by atoms with Crippen LogP contribution in [0.15, 0.2) is 48.7 Å². The number of aromatic nitrogens is 1. The molecular formula is C47H75N7O8. The van der Waals surface area contributed by atoms with Gasteiger partial charge < -0.3 is 40.0 Å². The van der Waals surface area contributed by atoms with Crippen molar-refractivity contribution in [3.8, 4) is 0 Å². The van der Waals surface area contributed by atoms with E-state index >= 15 is 0 Å². The second-order valence-corrected chi connectivity index (χ2v) is 17.5. The first kappa shape index (κ1) is 51.7. The lowest BCUT2D eigenvalue weighted by Crippen LogP contribution is -2.60. The third-order valence-electron chi connectivity index (χ3n) is 12.5. The zero-order chi connectivity index (χ0) is 46.3. The van der Waals surface area contributed by atoms with Crippen LogP contribution in [0.5, 0.6) is 0 Å². The summed E-state index contributed by atoms with van der Waals surface area (Å²) in [5.41, 5.74) is 1.87. The summed E-state index contributed by atoms with van der Waals surface area (Å²) in [4.78, 5) is 79.3. The fourth-order valence-corrected chi connectivity index (χ4v) is 8.87. The van der Waals surface area contributed by atoms with E-state index < -0.39 is 54.3 Å². The van der Waals surface area contributed by atoms with Gasteiger partial charge in [0.1, 0.15) is 17.9 Å². The van der Waals surface area contributed by atoms with E-state index in [1.54, 1.807) is 37.1 Å². The van der Waals surface area contributed by atoms with E-state index in [0.717, 1.165) is 23.4 Å². The molecule has 3 rings (SSSR count). The summed E-state index contributed by atoms with van der Waals surface area (Å²) in [6.07, 6.45) is 2.70. The smallest absolute Gasteiger partial charge is 0.328 e. The molecule has 0 radical (unpaired) electrons. The summed E-state index contributed by atoms with van der Waals surface area (Å²) in [5, 5.41) is 9.04. The molecule has 4 amide bonds. The van der Waals surface area contributed by atoms with E-state index in [9.17, 15) is 24.0 Å². The van der Waals surface area contributed by atoms with Crippen LogP contribution in [-0.4, -0.2) is 141 Å². The normalized spacial score (nSPS) is 18.0. The molecule has 9 atom stereocenters. The molecule has 0 bridgehead atoms. The number of pyridine rings is 1. The first-order valence-electron chi connectivity index (χ1n) is 22.1. The number of anilines is 1. The van der Waals surface area contributed by atoms with Gasteiger partial charge in [0, 0.05) is 54.0 Å². The number of rotatable bonds is 24. The highest BCUT2D eigenvalue weighted by atomic mass is 16.5. The number of carbonyl (C=O) groups is 5. The lowest BCUT2D eigenvalue weighted by molar-refractivity contribution is -0.149. The maximum Gasteiger partial charge on any atom is 0.328 e. The number of amides is 4. The minimum absolute atomic E-state index is 0.0126. The van der Waals surface area contributed by atoms with Crippen molar-refractivity contribution in [2.45, 2.75) is 130 Å². The lowest BCUT2D eigenvalue weighted by Gasteiger charge is -2.41. The zero-order valence-corrected chi connectivity index (χ0v) is 39.5. The first-order chi connectivity index (χ1) is 29.4. The van der Waals surface area contributed by atoms with Crippen LogP contribution in [0.4, 0.5) is 5.82 Å². The fourth-order valence-electron chi connectivity index (χ4n) is 8.87. The molecule has 2 aromatic rings. The van der Waals surface area contributed by atoms with Crippen molar-refractivity contribution >= 4 is 35.4 Å². The largest absolute Gasteiger partial charge is 0.467 e. The van der Waals surface area contributed by atoms with Crippen LogP contribution in [0, 0.1) is 23.7 Å². The van der Waals surface area contributed by atoms with Gasteiger partial charge in [0.05, 0.1) is 49.8 Å². The Morgan fingerprint density at radius 3 is 2.13 bits per heavy atom. The van der Waals surface area contributed by atoms with E-state index in [4.69, 9.17) is 14.2 Å². The SMILES string of the molecule is CCC(C)C(C(CC(=O)N1CCCC1C(OC)C(C)C(=O)NC(Cc1ccccc1)C(=O)OC)OC)N(C)C(=O)C(NC(=O)C(C(C)C)N(C)Cc1ccnc(NC)c1)C(C)C. The van der Waals surface area contributed by atoms with Gasteiger partial charge >= 0.3 is 5.97 Å². The van der Waals surface area contributed by atoms with Crippen LogP contribution < -0.4 is 16.0 Å². The third kappa shape index (κ3) is 13.7. The van der Waals surface area contributed by atoms with Crippen LogP contribution in [0.2, 0.25) is 0 Å². The van der Waals surface area contributed by atoms with Gasteiger partial charge in [-0.3, -0.25) is 24.1 Å². The highest BCUT2D eigenvalue weighted by Gasteiger charge is 2.43. The Kier molecular flexibility index (Phi) is 20.8. The number of esters is 1. The Labute approximate surface area is 370 Å². The average Bonchev–Trinajstić information content (AvgIpc) is 3.74. The monoisotopic (exact) mass is 866 g/mol. The summed E-state index contributed by atoms with van der Waals surface area (Å²) in [5.74, 6) is -1.94. The van der Waals surface area contributed by atoms with Crippen molar-refractivity contribution in [1.82, 2.24) is 30.3 Å². The van der Waals surface area contributed by atoms with E-state index in [0.29, 0.717) is 25.9 Å². The van der Waals surface area contributed by atoms with Crippen molar-refractivity contribution < 1.29 is 38.2 Å². The Hall–Kier alpha value is -4.60. The van der Waals surface area contributed by atoms with Crippen LogP contribution in [0.3, 0.4) is 0 Å². The number of nitrogens with zero attached hydrogens (tertiary/aromatic N) is 4. The molecule has 1 saturated heterocycles. The number of carbonyl (C=O) groups excluding carboxylic acids is 5. The predicted molar refractivity (Wildman–Crippen MR) is 241 cm³/mol. The summed E-state index contributed by atoms with van der Waals surface area (Å²) in [7, 11) is 9.81. The van der Waals surface area contributed by atoms with Crippen molar-refractivity contribution in [2.75, 3.05) is 54.3 Å². The number of ether oxygens (including phenoxy) is 3. The molecule has 62 heavy (non-hydrogen) atoms. The van der Waals surface area contributed by atoms with Gasteiger partial charge in [0.2, 0.25) is 23.6 Å². The van der Waals surface area contributed by atoms with Gasteiger partial charge in [-0.15, -0.1) is 0 Å². The number of hydrogen-bond donors (Lipinski definition) is 3. The Bertz CT molecular complexity index is 1750. The summed E-state index contributed by atoms with van der Waals surface area (Å²) >= 11 is 0. The molecule has 0 spiro atoms. The second kappa shape index (κ2) is 24.9. The lowest BCUT2D eigenvalue weighted by atomic mass is 9.89. The van der Waals surface area contributed by atoms with Gasteiger partial charge in [-0.1, -0.05) is 85.2 Å². The molecule has 15 heteroatoms. The van der Waals surface area contributed by atoms with Gasteiger partial charge in [0.15, 0.2) is 0 Å². The van der Waals surface area contributed by atoms with Crippen LogP contribution in [0.1, 0.15) is 85.3 Å². The molecule has 1 aromatic heterocycles. The molecule has 15 nitrogen and oxygen atoms in total. The van der Waals surface area contributed by atoms with Crippen LogP contribution in [0.25, 0.3) is 0 Å². The Morgan fingerprint density at radius 1 is 0.887 bits per heavy atom. The topological polar surface area (TPSA) is 172 Å². The molecule has 1 aliphatic rings. The van der Waals surface area contributed by atoms with Crippen molar-refractivity contribution in [2.24, 2.45) is 23.7 Å². The van der Waals surface area contributed by atoms with Crippen LogP contribution in [-0.2, 0) is 51.1 Å². The van der Waals surface area contributed by atoms with Gasteiger partial charge in [-0.05, 0) is 60.9 Å². The summed E-state index contributed by atoms with van der Waals surface area (Å²) in [6.45, 7) is 14.6. The van der Waals surface area contributed by atoms with Crippen molar-refractivity contribution in [1.29, 1.82) is 0 Å². The molecule has 0 saturated carbocycles. The minimum atomic E-state index is -0.901. The van der Waals surface area contributed by atoms with Crippen molar-refractivity contribution in [3.05, 3.63) is 59.8 Å². The minimum Gasteiger partial charge on any atom is -0.467 e. The Balaban J connectivity index is 1.79. The molecule has 2 heterocycles. The number of benzene rings is 1. The van der Waals surface area contributed by atoms with E-state index in [1.807, 2.05) is 103 Å². The highest BCUT2D eigenvalue weighted by molar-refractivity contribution is 5.90. The molecule has 9 unspecified atom stereocenters. The number of likely N-dealkylation sites (tertiary alicyclic amines) is 1. The number of nitrogens with one attached hydrogen (secondary N) is 3. The second-order valence-electron chi connectivity index (χ2n) is 17.5. The van der Waals surface area contributed by atoms with E-state index in [1.165, 1.54) is 14.2 Å². The molecule has 0 aliphatic carbocycles. The first-order valence-corrected chi connectivity index (χ1v) is 22.1. The molecule has 346 valence electrons. The maximum atomic E-state index is 14.6. The summed E-state index contributed by atoms with van der Waals surface area (Å²) in [6, 6.07) is 10.1. The molecule has 1 aromatic carbocycles. The predicted octanol–water partition coefficient (Wildman–Crippen LogP) is 4.54. The molecule has 3 N–H and O–H groups in total. The third-order valence-corrected chi connectivity index (χ3v) is 12.5. The number of hydrogen-bond acceptors (Lipinski definition) is 11. The van der Waals surface area contributed by atoms with Gasteiger partial charge in [-0.25, -0.2) is 9.78 Å². The molecule has 1 fully saturated rings. The Morgan fingerprint density at radius 2 is 1.56 bits per heavy atom. The fraction of sp³-hybridized carbons (Fsp3) is 0.660. The number of methoxy groups -OCH3 is 3. The summed E-state index contributed by atoms with van der Waals surface area (Å²) < 4.78 is 17.1. The van der Waals surface area contributed by atoms with Gasteiger partial charge in [-0.2, -0.15) is 0 Å². The van der Waals surface area contributed by atoms with Crippen LogP contribution >= 0.6 is 0 Å². The average molecular weight is 866 g/mol. The quantitative estimate of drug-likeness (QED) is 0.127. The standard InChI is InChI=1S/C47H75N7O8/c1-14-31(6)42(53(10)46(58)40(29(2)3)51-45(57)41(30(4)5)52(9)28-34-22-23-49-38(26-34)48-8)37(60-11)27-39(55)54-24-18-21-36(54)43(61-12)32(7)44(56)50-35(47(59)62-13)25-33-19-16-15-17-20-33/h15-17,19-20,22-23,26,29-32,35-37,40-43H,14,18,21,24-25,27-28H2,1-13H3,(H,48,49)(H,50,56)(H,51,57). The van der Waals surface area contributed by atoms with Gasteiger partial charge in [0.25, 0.3) is 0 Å². The van der Waals surface area contributed by atoms with Crippen molar-refractivity contribution in [3.63, 3.8) is 0 Å².